The molecule has 110 valence electrons. The molecule has 20 heavy (non-hydrogen) atoms. The Hall–Kier alpha value is -1.56. The summed E-state index contributed by atoms with van der Waals surface area (Å²) in [5.74, 6) is -0.547. The van der Waals surface area contributed by atoms with Crippen molar-refractivity contribution >= 4 is 5.91 Å². The van der Waals surface area contributed by atoms with E-state index in [0.29, 0.717) is 6.54 Å². The molecule has 2 unspecified atom stereocenters. The largest absolute Gasteiger partial charge is 0.417 e. The molecule has 1 aliphatic carbocycles. The molecule has 1 saturated carbocycles. The second-order valence-corrected chi connectivity index (χ2v) is 5.11. The molecule has 6 heteroatoms. The minimum atomic E-state index is -4.53. The van der Waals surface area contributed by atoms with Crippen molar-refractivity contribution < 1.29 is 18.0 Å². The summed E-state index contributed by atoms with van der Waals surface area (Å²) in [5.41, 5.74) is 4.62. The molecule has 1 aromatic rings. The zero-order valence-electron chi connectivity index (χ0n) is 10.9. The number of hydrogen-bond acceptors (Lipinski definition) is 2. The highest BCUT2D eigenvalue weighted by Crippen LogP contribution is 2.31. The van der Waals surface area contributed by atoms with E-state index in [1.54, 1.807) is 0 Å². The van der Waals surface area contributed by atoms with Gasteiger partial charge in [-0.25, -0.2) is 0 Å². The van der Waals surface area contributed by atoms with E-state index in [4.69, 9.17) is 5.73 Å². The molecule has 0 heterocycles. The maximum absolute atomic E-state index is 12.8. The number of alkyl halides is 3. The summed E-state index contributed by atoms with van der Waals surface area (Å²) < 4.78 is 38.4. The van der Waals surface area contributed by atoms with Crippen LogP contribution in [-0.4, -0.2) is 18.5 Å². The molecule has 2 rings (SSSR count). The highest BCUT2D eigenvalue weighted by atomic mass is 19.4. The molecule has 3 nitrogen and oxygen atoms in total. The Kier molecular flexibility index (Phi) is 4.32. The number of nitrogens with one attached hydrogen (secondary N) is 1. The van der Waals surface area contributed by atoms with Crippen LogP contribution >= 0.6 is 0 Å². The van der Waals surface area contributed by atoms with Crippen molar-refractivity contribution in [1.29, 1.82) is 0 Å². The minimum Gasteiger partial charge on any atom is -0.352 e. The lowest BCUT2D eigenvalue weighted by Crippen LogP contribution is -2.36. The van der Waals surface area contributed by atoms with Crippen molar-refractivity contribution in [3.63, 3.8) is 0 Å². The predicted octanol–water partition coefficient (Wildman–Crippen LogP) is 2.56. The number of carbonyl (C=O) groups excluding carboxylic acids is 1. The third kappa shape index (κ3) is 3.30. The number of carbonyl (C=O) groups is 1. The Morgan fingerprint density at radius 3 is 2.60 bits per heavy atom. The average molecular weight is 286 g/mol. The van der Waals surface area contributed by atoms with Crippen LogP contribution in [0.3, 0.4) is 0 Å². The lowest BCUT2D eigenvalue weighted by atomic mass is 10.0. The van der Waals surface area contributed by atoms with E-state index in [1.807, 2.05) is 0 Å². The van der Waals surface area contributed by atoms with Crippen LogP contribution in [0.15, 0.2) is 24.3 Å². The smallest absolute Gasteiger partial charge is 0.352 e. The van der Waals surface area contributed by atoms with Gasteiger partial charge in [-0.15, -0.1) is 0 Å². The van der Waals surface area contributed by atoms with Crippen LogP contribution in [0.25, 0.3) is 0 Å². The van der Waals surface area contributed by atoms with Crippen LogP contribution in [-0.2, 0) is 6.18 Å². The van der Waals surface area contributed by atoms with Gasteiger partial charge in [0.05, 0.1) is 11.1 Å². The summed E-state index contributed by atoms with van der Waals surface area (Å²) in [6.45, 7) is 0.326. The second kappa shape index (κ2) is 5.83. The molecule has 2 atom stereocenters. The number of nitrogens with two attached hydrogens (primary N) is 1. The Morgan fingerprint density at radius 2 is 2.00 bits per heavy atom. The van der Waals surface area contributed by atoms with Gasteiger partial charge in [-0.1, -0.05) is 18.6 Å². The zero-order chi connectivity index (χ0) is 14.8. The van der Waals surface area contributed by atoms with Crippen molar-refractivity contribution in [3.8, 4) is 0 Å². The summed E-state index contributed by atoms with van der Waals surface area (Å²) in [6.07, 6.45) is -1.72. The number of benzene rings is 1. The third-order valence-corrected chi connectivity index (χ3v) is 3.72. The predicted molar refractivity (Wildman–Crippen MR) is 69.1 cm³/mol. The fourth-order valence-electron chi connectivity index (χ4n) is 2.57. The molecule has 0 aliphatic heterocycles. The zero-order valence-corrected chi connectivity index (χ0v) is 10.9. The molecule has 0 aromatic heterocycles. The van der Waals surface area contributed by atoms with E-state index < -0.39 is 17.6 Å². The summed E-state index contributed by atoms with van der Waals surface area (Å²) in [7, 11) is 0. The lowest BCUT2D eigenvalue weighted by Gasteiger charge is -2.17. The molecule has 1 aromatic carbocycles. The summed E-state index contributed by atoms with van der Waals surface area (Å²) in [4.78, 5) is 11.9. The summed E-state index contributed by atoms with van der Waals surface area (Å²) >= 11 is 0. The van der Waals surface area contributed by atoms with Crippen molar-refractivity contribution in [2.45, 2.75) is 31.5 Å². The Balaban J connectivity index is 2.06. The normalized spacial score (nSPS) is 22.8. The van der Waals surface area contributed by atoms with Gasteiger partial charge in [0.1, 0.15) is 0 Å². The van der Waals surface area contributed by atoms with Gasteiger partial charge in [-0.3, -0.25) is 4.79 Å². The van der Waals surface area contributed by atoms with Gasteiger partial charge in [0, 0.05) is 12.6 Å². The first-order valence-electron chi connectivity index (χ1n) is 6.59. The van der Waals surface area contributed by atoms with Crippen molar-refractivity contribution in [3.05, 3.63) is 35.4 Å². The first-order chi connectivity index (χ1) is 9.39. The van der Waals surface area contributed by atoms with Gasteiger partial charge < -0.3 is 11.1 Å². The molecule has 1 amide bonds. The van der Waals surface area contributed by atoms with E-state index in [1.165, 1.54) is 18.2 Å². The van der Waals surface area contributed by atoms with Crippen LogP contribution in [0.2, 0.25) is 0 Å². The fourth-order valence-corrected chi connectivity index (χ4v) is 2.57. The highest BCUT2D eigenvalue weighted by Gasteiger charge is 2.35. The maximum Gasteiger partial charge on any atom is 0.417 e. The molecule has 3 N–H and O–H groups in total. The van der Waals surface area contributed by atoms with Gasteiger partial charge in [0.2, 0.25) is 0 Å². The Morgan fingerprint density at radius 1 is 1.30 bits per heavy atom. The van der Waals surface area contributed by atoms with E-state index in [0.717, 1.165) is 25.3 Å². The van der Waals surface area contributed by atoms with Crippen LogP contribution in [0.4, 0.5) is 13.2 Å². The molecule has 0 spiro atoms. The molecule has 0 saturated heterocycles. The van der Waals surface area contributed by atoms with E-state index in [9.17, 15) is 18.0 Å². The molecular formula is C14H17F3N2O. The third-order valence-electron chi connectivity index (χ3n) is 3.72. The van der Waals surface area contributed by atoms with Crippen molar-refractivity contribution in [1.82, 2.24) is 5.32 Å². The number of amides is 1. The van der Waals surface area contributed by atoms with Gasteiger partial charge in [-0.05, 0) is 30.9 Å². The summed E-state index contributed by atoms with van der Waals surface area (Å²) in [6, 6.07) is 4.81. The van der Waals surface area contributed by atoms with Crippen LogP contribution < -0.4 is 11.1 Å². The highest BCUT2D eigenvalue weighted by molar-refractivity contribution is 5.95. The number of hydrogen-bond donors (Lipinski definition) is 2. The molecule has 0 radical (unpaired) electrons. The van der Waals surface area contributed by atoms with E-state index >= 15 is 0 Å². The van der Waals surface area contributed by atoms with Gasteiger partial charge in [0.25, 0.3) is 5.91 Å². The molecule has 1 fully saturated rings. The molecular weight excluding hydrogens is 269 g/mol. The van der Waals surface area contributed by atoms with Crippen LogP contribution in [0.5, 0.6) is 0 Å². The quantitative estimate of drug-likeness (QED) is 0.897. The summed E-state index contributed by atoms with van der Waals surface area (Å²) in [5, 5.41) is 2.56. The molecule has 0 bridgehead atoms. The monoisotopic (exact) mass is 286 g/mol. The number of halogens is 3. The van der Waals surface area contributed by atoms with Gasteiger partial charge in [-0.2, -0.15) is 13.2 Å². The standard InChI is InChI=1S/C14H17F3N2O/c15-14(16,17)11-6-2-1-5-10(11)13(20)19-8-9-4-3-7-12(9)18/h1-2,5-6,9,12H,3-4,7-8,18H2,(H,19,20). The average Bonchev–Trinajstić information content (AvgIpc) is 2.80. The second-order valence-electron chi connectivity index (χ2n) is 5.11. The SMILES string of the molecule is NC1CCCC1CNC(=O)c1ccccc1C(F)(F)F. The van der Waals surface area contributed by atoms with Crippen LogP contribution in [0, 0.1) is 5.92 Å². The maximum atomic E-state index is 12.8. The van der Waals surface area contributed by atoms with E-state index in [2.05, 4.69) is 5.32 Å². The number of rotatable bonds is 3. The Bertz CT molecular complexity index is 488. The van der Waals surface area contributed by atoms with Gasteiger partial charge in [0.15, 0.2) is 0 Å². The Labute approximate surface area is 115 Å². The topological polar surface area (TPSA) is 55.1 Å². The first kappa shape index (κ1) is 14.8. The van der Waals surface area contributed by atoms with Crippen molar-refractivity contribution in [2.24, 2.45) is 11.7 Å². The van der Waals surface area contributed by atoms with Gasteiger partial charge >= 0.3 is 6.18 Å². The van der Waals surface area contributed by atoms with E-state index in [-0.39, 0.29) is 17.5 Å². The molecule has 1 aliphatic rings. The first-order valence-corrected chi connectivity index (χ1v) is 6.59. The minimum absolute atomic E-state index is 0.0214. The van der Waals surface area contributed by atoms with Crippen LogP contribution in [0.1, 0.15) is 35.2 Å². The fraction of sp³-hybridized carbons (Fsp3) is 0.500. The van der Waals surface area contributed by atoms with Crippen molar-refractivity contribution in [2.75, 3.05) is 6.54 Å². The lowest BCUT2D eigenvalue weighted by molar-refractivity contribution is -0.137.